The molecule has 1 unspecified atom stereocenters. The van der Waals surface area contributed by atoms with E-state index in [0.29, 0.717) is 11.6 Å². The van der Waals surface area contributed by atoms with E-state index in [1.807, 2.05) is 32.3 Å². The highest BCUT2D eigenvalue weighted by molar-refractivity contribution is 5.91. The number of carboxylic acids is 1. The summed E-state index contributed by atoms with van der Waals surface area (Å²) >= 11 is 0. The maximum absolute atomic E-state index is 10.9. The zero-order valence-electron chi connectivity index (χ0n) is 12.0. The van der Waals surface area contributed by atoms with Gasteiger partial charge in [-0.15, -0.1) is 0 Å². The van der Waals surface area contributed by atoms with Crippen molar-refractivity contribution >= 4 is 16.9 Å². The van der Waals surface area contributed by atoms with Crippen LogP contribution in [0.25, 0.3) is 11.0 Å². The summed E-state index contributed by atoms with van der Waals surface area (Å²) in [7, 11) is 4.09. The third-order valence-electron chi connectivity index (χ3n) is 3.09. The molecule has 0 amide bonds. The molecule has 1 heterocycles. The topological polar surface area (TPSA) is 65.7 Å². The molecule has 0 radical (unpaired) electrons. The molecule has 1 atom stereocenters. The van der Waals surface area contributed by atoms with Crippen molar-refractivity contribution in [3.63, 3.8) is 0 Å². The molecule has 108 valence electrons. The molecular formula is C15H20N2O3. The Morgan fingerprint density at radius 3 is 2.80 bits per heavy atom. The van der Waals surface area contributed by atoms with Crippen LogP contribution in [0.4, 0.5) is 0 Å². The Morgan fingerprint density at radius 1 is 1.40 bits per heavy atom. The van der Waals surface area contributed by atoms with Crippen molar-refractivity contribution in [3.8, 4) is 0 Å². The lowest BCUT2D eigenvalue weighted by Gasteiger charge is -2.18. The van der Waals surface area contributed by atoms with Crippen molar-refractivity contribution < 1.29 is 14.3 Å². The predicted octanol–water partition coefficient (Wildman–Crippen LogP) is 2.17. The number of benzene rings is 1. The molecule has 0 saturated carbocycles. The molecule has 5 heteroatoms. The molecule has 20 heavy (non-hydrogen) atoms. The summed E-state index contributed by atoms with van der Waals surface area (Å²) in [6, 6.07) is 7.67. The minimum Gasteiger partial charge on any atom is -0.475 e. The second-order valence-corrected chi connectivity index (χ2v) is 5.33. The lowest BCUT2D eigenvalue weighted by atomic mass is 10.1. The van der Waals surface area contributed by atoms with Gasteiger partial charge in [0.2, 0.25) is 5.76 Å². The van der Waals surface area contributed by atoms with Gasteiger partial charge in [-0.05, 0) is 44.8 Å². The average molecular weight is 276 g/mol. The maximum atomic E-state index is 10.9. The number of aromatic carboxylic acids is 1. The smallest absolute Gasteiger partial charge is 0.371 e. The first-order valence-electron chi connectivity index (χ1n) is 6.59. The van der Waals surface area contributed by atoms with Crippen molar-refractivity contribution in [1.29, 1.82) is 0 Å². The first-order valence-corrected chi connectivity index (χ1v) is 6.59. The number of hydrogen-bond donors (Lipinski definition) is 2. The molecule has 0 bridgehead atoms. The summed E-state index contributed by atoms with van der Waals surface area (Å²) in [6.45, 7) is 3.86. The van der Waals surface area contributed by atoms with Gasteiger partial charge in [-0.1, -0.05) is 6.07 Å². The highest BCUT2D eigenvalue weighted by atomic mass is 16.4. The highest BCUT2D eigenvalue weighted by Crippen LogP contribution is 2.20. The SMILES string of the molecule is CC(CN(C)C)NCc1ccc2oc(C(=O)O)cc2c1. The molecule has 5 nitrogen and oxygen atoms in total. The van der Waals surface area contributed by atoms with Gasteiger partial charge in [0.1, 0.15) is 5.58 Å². The molecule has 0 fully saturated rings. The van der Waals surface area contributed by atoms with Gasteiger partial charge in [-0.2, -0.15) is 0 Å². The number of hydrogen-bond acceptors (Lipinski definition) is 4. The monoisotopic (exact) mass is 276 g/mol. The Kier molecular flexibility index (Phi) is 4.42. The molecule has 2 N–H and O–H groups in total. The summed E-state index contributed by atoms with van der Waals surface area (Å²) in [5.41, 5.74) is 1.72. The van der Waals surface area contributed by atoms with Gasteiger partial charge in [-0.3, -0.25) is 0 Å². The summed E-state index contributed by atoms with van der Waals surface area (Å²) < 4.78 is 5.24. The number of nitrogens with zero attached hydrogens (tertiary/aromatic N) is 1. The van der Waals surface area contributed by atoms with E-state index < -0.39 is 5.97 Å². The lowest BCUT2D eigenvalue weighted by Crippen LogP contribution is -2.35. The summed E-state index contributed by atoms with van der Waals surface area (Å²) in [5.74, 6) is -1.06. The van der Waals surface area contributed by atoms with Gasteiger partial charge in [0.05, 0.1) is 0 Å². The van der Waals surface area contributed by atoms with Gasteiger partial charge < -0.3 is 19.7 Å². The molecule has 0 aliphatic rings. The van der Waals surface area contributed by atoms with Crippen molar-refractivity contribution in [2.75, 3.05) is 20.6 Å². The molecule has 1 aromatic carbocycles. The van der Waals surface area contributed by atoms with Crippen molar-refractivity contribution in [2.45, 2.75) is 19.5 Å². The lowest BCUT2D eigenvalue weighted by molar-refractivity contribution is 0.0665. The van der Waals surface area contributed by atoms with E-state index in [4.69, 9.17) is 9.52 Å². The first kappa shape index (κ1) is 14.6. The van der Waals surface area contributed by atoms with Gasteiger partial charge >= 0.3 is 5.97 Å². The Hall–Kier alpha value is -1.85. The zero-order valence-corrected chi connectivity index (χ0v) is 12.0. The Balaban J connectivity index is 2.06. The maximum Gasteiger partial charge on any atom is 0.371 e. The van der Waals surface area contributed by atoms with E-state index in [-0.39, 0.29) is 5.76 Å². The van der Waals surface area contributed by atoms with E-state index in [0.717, 1.165) is 24.0 Å². The molecule has 0 saturated heterocycles. The van der Waals surface area contributed by atoms with E-state index >= 15 is 0 Å². The van der Waals surface area contributed by atoms with Crippen LogP contribution < -0.4 is 5.32 Å². The van der Waals surface area contributed by atoms with Gasteiger partial charge in [0.15, 0.2) is 0 Å². The van der Waals surface area contributed by atoms with E-state index in [2.05, 4.69) is 17.1 Å². The number of carboxylic acid groups (broad SMARTS) is 1. The summed E-state index contributed by atoms with van der Waals surface area (Å²) in [4.78, 5) is 13.0. The first-order chi connectivity index (χ1) is 9.45. The average Bonchev–Trinajstić information content (AvgIpc) is 2.78. The number of likely N-dealkylation sites (N-methyl/N-ethyl adjacent to an activating group) is 1. The van der Waals surface area contributed by atoms with Gasteiger partial charge in [0.25, 0.3) is 0 Å². The van der Waals surface area contributed by atoms with Crippen LogP contribution >= 0.6 is 0 Å². The zero-order chi connectivity index (χ0) is 14.7. The van der Waals surface area contributed by atoms with Crippen LogP contribution in [-0.4, -0.2) is 42.7 Å². The van der Waals surface area contributed by atoms with Gasteiger partial charge in [-0.25, -0.2) is 4.79 Å². The van der Waals surface area contributed by atoms with Crippen molar-refractivity contribution in [3.05, 3.63) is 35.6 Å². The number of fused-ring (bicyclic) bond motifs is 1. The second-order valence-electron chi connectivity index (χ2n) is 5.33. The highest BCUT2D eigenvalue weighted by Gasteiger charge is 2.10. The molecular weight excluding hydrogens is 256 g/mol. The number of nitrogens with one attached hydrogen (secondary N) is 1. The number of rotatable bonds is 6. The van der Waals surface area contributed by atoms with Crippen LogP contribution in [0.2, 0.25) is 0 Å². The molecule has 0 spiro atoms. The van der Waals surface area contributed by atoms with Crippen LogP contribution in [0.15, 0.2) is 28.7 Å². The molecule has 0 aliphatic carbocycles. The van der Waals surface area contributed by atoms with E-state index in [9.17, 15) is 4.79 Å². The van der Waals surface area contributed by atoms with Crippen LogP contribution in [0.3, 0.4) is 0 Å². The number of carbonyl (C=O) groups is 1. The predicted molar refractivity (Wildman–Crippen MR) is 78.0 cm³/mol. The van der Waals surface area contributed by atoms with Crippen LogP contribution in [0, 0.1) is 0 Å². The molecule has 1 aromatic heterocycles. The Labute approximate surface area is 118 Å². The van der Waals surface area contributed by atoms with Crippen LogP contribution in [-0.2, 0) is 6.54 Å². The fourth-order valence-electron chi connectivity index (χ4n) is 2.21. The van der Waals surface area contributed by atoms with Crippen LogP contribution in [0.5, 0.6) is 0 Å². The molecule has 2 rings (SSSR count). The Morgan fingerprint density at radius 2 is 2.15 bits per heavy atom. The number of furan rings is 1. The standard InChI is InChI=1S/C15H20N2O3/c1-10(9-17(2)3)16-8-11-4-5-13-12(6-11)7-14(20-13)15(18)19/h4-7,10,16H,8-9H2,1-3H3,(H,18,19). The fourth-order valence-corrected chi connectivity index (χ4v) is 2.21. The largest absolute Gasteiger partial charge is 0.475 e. The van der Waals surface area contributed by atoms with E-state index in [1.165, 1.54) is 0 Å². The van der Waals surface area contributed by atoms with Gasteiger partial charge in [0, 0.05) is 24.5 Å². The second kappa shape index (κ2) is 6.07. The fraction of sp³-hybridized carbons (Fsp3) is 0.400. The van der Waals surface area contributed by atoms with E-state index in [1.54, 1.807) is 6.07 Å². The summed E-state index contributed by atoms with van der Waals surface area (Å²) in [6.07, 6.45) is 0. The minimum absolute atomic E-state index is 0.0221. The minimum atomic E-state index is -1.04. The van der Waals surface area contributed by atoms with Crippen molar-refractivity contribution in [1.82, 2.24) is 10.2 Å². The third kappa shape index (κ3) is 3.59. The van der Waals surface area contributed by atoms with Crippen LogP contribution in [0.1, 0.15) is 23.0 Å². The molecule has 0 aliphatic heterocycles. The normalized spacial score (nSPS) is 13.0. The molecule has 2 aromatic rings. The Bertz CT molecular complexity index is 604. The third-order valence-corrected chi connectivity index (χ3v) is 3.09. The quantitative estimate of drug-likeness (QED) is 0.846. The van der Waals surface area contributed by atoms with Crippen molar-refractivity contribution in [2.24, 2.45) is 0 Å². The summed E-state index contributed by atoms with van der Waals surface area (Å²) in [5, 5.41) is 13.2.